The Balaban J connectivity index is 2.09. The number of unbranched alkanes of at least 4 members (excludes halogenated alkanes) is 1. The van der Waals surface area contributed by atoms with Crippen molar-refractivity contribution in [3.05, 3.63) is 29.8 Å². The molecule has 0 saturated carbocycles. The van der Waals surface area contributed by atoms with E-state index in [0.29, 0.717) is 5.19 Å². The van der Waals surface area contributed by atoms with Crippen LogP contribution in [0.5, 0.6) is 0 Å². The molecule has 2 rings (SSSR count). The first-order valence-electron chi connectivity index (χ1n) is 31.5. The van der Waals surface area contributed by atoms with Gasteiger partial charge in [0.05, 0.1) is 26.2 Å². The van der Waals surface area contributed by atoms with Gasteiger partial charge in [-0.2, -0.15) is 0 Å². The maximum atomic E-state index is 17.2. The molecule has 37 heteroatoms. The van der Waals surface area contributed by atoms with Crippen LogP contribution in [0.15, 0.2) is 24.3 Å². The van der Waals surface area contributed by atoms with Crippen LogP contribution >= 0.6 is 0 Å². The average molecular weight is 1400 g/mol. The third kappa shape index (κ3) is 32.1. The lowest BCUT2D eigenvalue weighted by atomic mass is 10.1. The number of carbonyl (C=O) groups is 15. The van der Waals surface area contributed by atoms with Crippen LogP contribution in [-0.2, 0) is 62.3 Å². The Labute approximate surface area is 560 Å². The Morgan fingerprint density at radius 3 is 1.20 bits per heavy atom. The molecule has 0 spiro atoms. The molecular formula is C60H95FN12O23Si. The minimum atomic E-state index is -3.78. The van der Waals surface area contributed by atoms with E-state index in [4.69, 9.17) is 5.11 Å². The molecule has 1 aliphatic rings. The third-order valence-corrected chi connectivity index (χ3v) is 20.9. The van der Waals surface area contributed by atoms with E-state index in [0.717, 1.165) is 0 Å². The molecule has 1 saturated heterocycles. The molecule has 35 nitrogen and oxygen atoms in total. The average Bonchev–Trinajstić information content (AvgIpc) is 0.749. The van der Waals surface area contributed by atoms with Crippen LogP contribution in [0.4, 0.5) is 8.90 Å². The Hall–Kier alpha value is -8.94. The van der Waals surface area contributed by atoms with Crippen LogP contribution in [-0.4, -0.2) is 286 Å². The quantitative estimate of drug-likeness (QED) is 0.0193. The van der Waals surface area contributed by atoms with Crippen molar-refractivity contribution in [3.8, 4) is 0 Å². The van der Waals surface area contributed by atoms with E-state index >= 15 is 4.11 Å². The van der Waals surface area contributed by atoms with Crippen molar-refractivity contribution in [3.63, 3.8) is 0 Å². The van der Waals surface area contributed by atoms with Crippen LogP contribution in [0.3, 0.4) is 0 Å². The van der Waals surface area contributed by atoms with E-state index in [1.165, 1.54) is 24.3 Å². The summed E-state index contributed by atoms with van der Waals surface area (Å²) in [6.07, 6.45) is -3.00. The number of aliphatic carboxylic acids is 8. The first-order chi connectivity index (χ1) is 45.2. The molecular weight excluding hydrogens is 1300 g/mol. The predicted molar refractivity (Wildman–Crippen MR) is 343 cm³/mol. The van der Waals surface area contributed by atoms with Gasteiger partial charge < -0.3 is 87.5 Å². The number of benzene rings is 1. The second-order valence-electron chi connectivity index (χ2n) is 25.4. The predicted octanol–water partition coefficient (Wildman–Crippen LogP) is -1.95. The molecule has 1 fully saturated rings. The standard InChI is InChI=1S/C60H95FN12O23Si/c1-59(2,3)97(61,60(4,5)6)38-14-12-37(13-15-38)52(86)67-43(32-64-47(77)33-70-24-26-71(34-49(80)81)28-30-73(36-51(84)85)31-29-72(27-25-70)35-50(82)83)53(87)66-40(55(90)91)10-7-8-22-62-44(74)19-20-45(75)63-23-9-11-39(54(88)89)65-46(76)18-16-41(56(92)93)68-58(96)69-42(57(94)95)17-21-48(78)79/h12-15,39-43H,7-11,16-36H2,1-6H3,(H,62,74)(H,63,75)(H,64,77)(H,65,76)(H,66,87)(H,67,86)(H,78,79)(H,80,81)(H,82,83)(H,84,85)(H,88,89)(H,90,91)(H,92,93)(H,94,95)(H2,68,69,96)/t39-,40-,41+,42+,43-/m1/s1. The van der Waals surface area contributed by atoms with Crippen molar-refractivity contribution in [1.82, 2.24) is 62.1 Å². The second kappa shape index (κ2) is 41.2. The zero-order chi connectivity index (χ0) is 73.4. The van der Waals surface area contributed by atoms with Crippen molar-refractivity contribution >= 4 is 103 Å². The molecule has 0 bridgehead atoms. The van der Waals surface area contributed by atoms with Gasteiger partial charge in [-0.15, -0.1) is 0 Å². The summed E-state index contributed by atoms with van der Waals surface area (Å²) in [6, 6.07) is -3.56. The van der Waals surface area contributed by atoms with Crippen LogP contribution in [0, 0.1) is 0 Å². The Kier molecular flexibility index (Phi) is 35.8. The van der Waals surface area contributed by atoms with Gasteiger partial charge in [-0.25, -0.2) is 24.0 Å². The lowest BCUT2D eigenvalue weighted by Crippen LogP contribution is -2.58. The number of hydrogen-bond donors (Lipinski definition) is 16. The summed E-state index contributed by atoms with van der Waals surface area (Å²) < 4.78 is 17.2. The Morgan fingerprint density at radius 2 is 0.794 bits per heavy atom. The highest BCUT2D eigenvalue weighted by Crippen LogP contribution is 2.51. The first-order valence-corrected chi connectivity index (χ1v) is 33.4. The number of nitrogens with zero attached hydrogens (tertiary/aromatic N) is 4. The molecule has 16 N–H and O–H groups in total. The van der Waals surface area contributed by atoms with Crippen molar-refractivity contribution in [2.75, 3.05) is 98.2 Å². The number of amides is 8. The molecule has 97 heavy (non-hydrogen) atoms. The molecule has 1 heterocycles. The number of carboxylic acid groups (broad SMARTS) is 8. The fourth-order valence-electron chi connectivity index (χ4n) is 10.7. The Bertz CT molecular complexity index is 2870. The summed E-state index contributed by atoms with van der Waals surface area (Å²) in [5, 5.41) is 93.8. The zero-order valence-corrected chi connectivity index (χ0v) is 56.4. The SMILES string of the molecule is CC(C)(C)[Si](F)(c1ccc(C(=O)N[C@H](CNC(=O)CN2CCN(CC(=O)O)CCN(CC(=O)O)CCN(CC(=O)O)CC2)C(=O)N[C@H](CCCCNC(=O)CCC(=O)NCCC[C@@H](NC(=O)CC[C@H](NC(=O)N[C@@H](CCC(=O)O)C(=O)O)C(=O)O)C(=O)O)C(=O)O)cc1)C(C)(C)C. The topological polar surface area (TPSA) is 527 Å². The highest BCUT2D eigenvalue weighted by molar-refractivity contribution is 6.90. The summed E-state index contributed by atoms with van der Waals surface area (Å²) in [5.41, 5.74) is 0.00322. The number of carbonyl (C=O) groups excluding carboxylic acids is 7. The lowest BCUT2D eigenvalue weighted by molar-refractivity contribution is -0.142. The summed E-state index contributed by atoms with van der Waals surface area (Å²) >= 11 is 0. The molecule has 544 valence electrons. The van der Waals surface area contributed by atoms with Crippen LogP contribution in [0.1, 0.15) is 123 Å². The highest BCUT2D eigenvalue weighted by atomic mass is 28.4. The largest absolute Gasteiger partial charge is 0.481 e. The van der Waals surface area contributed by atoms with Gasteiger partial charge in [0.15, 0.2) is 0 Å². The van der Waals surface area contributed by atoms with Crippen molar-refractivity contribution in [1.29, 1.82) is 0 Å². The molecule has 1 aliphatic heterocycles. The van der Waals surface area contributed by atoms with Crippen molar-refractivity contribution < 1.29 is 117 Å². The van der Waals surface area contributed by atoms with Gasteiger partial charge >= 0.3 is 53.8 Å². The lowest BCUT2D eigenvalue weighted by Gasteiger charge is -2.44. The number of rotatable bonds is 40. The first kappa shape index (κ1) is 84.1. The van der Waals surface area contributed by atoms with E-state index in [1.807, 2.05) is 10.6 Å². The van der Waals surface area contributed by atoms with Gasteiger partial charge in [0, 0.05) is 103 Å². The monoisotopic (exact) mass is 1400 g/mol. The summed E-state index contributed by atoms with van der Waals surface area (Å²) in [6.45, 7) is 9.36. The number of urea groups is 1. The molecule has 5 atom stereocenters. The number of hydrogen-bond acceptors (Lipinski definition) is 19. The molecule has 1 aromatic carbocycles. The summed E-state index contributed by atoms with van der Waals surface area (Å²) in [4.78, 5) is 192. The van der Waals surface area contributed by atoms with E-state index < -0.39 is 183 Å². The van der Waals surface area contributed by atoms with Gasteiger partial charge in [0.2, 0.25) is 29.5 Å². The van der Waals surface area contributed by atoms with Gasteiger partial charge in [-0.05, 0) is 72.3 Å². The van der Waals surface area contributed by atoms with Crippen LogP contribution in [0.2, 0.25) is 10.1 Å². The summed E-state index contributed by atoms with van der Waals surface area (Å²) in [5.74, 6) is -15.6. The highest BCUT2D eigenvalue weighted by Gasteiger charge is 2.56. The van der Waals surface area contributed by atoms with Gasteiger partial charge in [-0.1, -0.05) is 53.7 Å². The molecule has 0 unspecified atom stereocenters. The van der Waals surface area contributed by atoms with Gasteiger partial charge in [-0.3, -0.25) is 67.5 Å². The van der Waals surface area contributed by atoms with E-state index in [9.17, 15) is 108 Å². The normalized spacial score (nSPS) is 15.5. The van der Waals surface area contributed by atoms with E-state index in [2.05, 4.69) is 31.9 Å². The smallest absolute Gasteiger partial charge is 0.326 e. The Morgan fingerprint density at radius 1 is 0.412 bits per heavy atom. The second-order valence-corrected chi connectivity index (χ2v) is 30.3. The molecule has 0 aromatic heterocycles. The van der Waals surface area contributed by atoms with Crippen molar-refractivity contribution in [2.24, 2.45) is 0 Å². The number of carboxylic acids is 8. The van der Waals surface area contributed by atoms with Crippen molar-refractivity contribution in [2.45, 2.75) is 152 Å². The van der Waals surface area contributed by atoms with Gasteiger partial charge in [0.25, 0.3) is 14.3 Å². The molecule has 1 aromatic rings. The fraction of sp³-hybridized carbons (Fsp3) is 0.650. The number of halogens is 1. The minimum absolute atomic E-state index is 0.00322. The summed E-state index contributed by atoms with van der Waals surface area (Å²) in [7, 11) is -3.78. The van der Waals surface area contributed by atoms with Crippen LogP contribution in [0.25, 0.3) is 0 Å². The zero-order valence-electron chi connectivity index (χ0n) is 55.4. The molecule has 8 amide bonds. The van der Waals surface area contributed by atoms with E-state index in [-0.39, 0.29) is 129 Å². The molecule has 0 radical (unpaired) electrons. The fourth-order valence-corrected chi connectivity index (χ4v) is 15.3. The minimum Gasteiger partial charge on any atom is -0.481 e. The maximum absolute atomic E-state index is 17.2. The van der Waals surface area contributed by atoms with E-state index in [1.54, 1.807) is 61.1 Å². The molecule has 0 aliphatic carbocycles. The number of nitrogens with one attached hydrogen (secondary N) is 8. The maximum Gasteiger partial charge on any atom is 0.326 e. The third-order valence-electron chi connectivity index (χ3n) is 15.7. The van der Waals surface area contributed by atoms with Crippen LogP contribution < -0.4 is 47.7 Å². The van der Waals surface area contributed by atoms with Gasteiger partial charge in [0.1, 0.15) is 30.2 Å².